The molecule has 48 heavy (non-hydrogen) atoms. The van der Waals surface area contributed by atoms with Gasteiger partial charge in [0.1, 0.15) is 0 Å². The van der Waals surface area contributed by atoms with Crippen LogP contribution in [0.4, 0.5) is 26.3 Å². The first-order valence-electron chi connectivity index (χ1n) is 14.8. The molecule has 0 aliphatic heterocycles. The molecule has 0 aliphatic rings. The van der Waals surface area contributed by atoms with E-state index in [1.807, 2.05) is 9.13 Å². The zero-order chi connectivity index (χ0) is 33.4. The van der Waals surface area contributed by atoms with E-state index in [0.717, 1.165) is 24.3 Å². The number of halogens is 6. The molecular formula is C38H20F6N4. The quantitative estimate of drug-likeness (QED) is 0.179. The number of hydrogen-bond acceptors (Lipinski definition) is 2. The van der Waals surface area contributed by atoms with Crippen LogP contribution in [0.2, 0.25) is 0 Å². The van der Waals surface area contributed by atoms with E-state index >= 15 is 0 Å². The second-order valence-corrected chi connectivity index (χ2v) is 11.4. The molecule has 8 aromatic rings. The van der Waals surface area contributed by atoms with Crippen LogP contribution in [0.15, 0.2) is 122 Å². The molecule has 5 aromatic carbocycles. The normalized spacial score (nSPS) is 12.4. The molecule has 0 aliphatic carbocycles. The van der Waals surface area contributed by atoms with Crippen LogP contribution in [0.5, 0.6) is 0 Å². The van der Waals surface area contributed by atoms with Crippen LogP contribution in [0, 0.1) is 11.3 Å². The lowest BCUT2D eigenvalue weighted by molar-refractivity contribution is -0.138. The van der Waals surface area contributed by atoms with Crippen LogP contribution in [0.25, 0.3) is 66.1 Å². The van der Waals surface area contributed by atoms with E-state index in [1.165, 1.54) is 12.1 Å². The van der Waals surface area contributed by atoms with E-state index in [9.17, 15) is 31.6 Å². The highest BCUT2D eigenvalue weighted by atomic mass is 19.4. The standard InChI is InChI=1S/C38H20F6N4/c39-37(40,41)23-13-15-32-28(17-23)26-9-3-5-11-30(26)47(32)34-20-46-21-35(36(34)25-8-2-1-7-22(25)19-45)48-31-12-6-4-10-27(31)29-18-24(38(42,43)44)14-16-33(29)48/h1-18,20-21H. The van der Waals surface area contributed by atoms with Crippen LogP contribution in [0.3, 0.4) is 0 Å². The van der Waals surface area contributed by atoms with E-state index in [4.69, 9.17) is 0 Å². The minimum absolute atomic E-state index is 0.325. The van der Waals surface area contributed by atoms with Gasteiger partial charge in [0.25, 0.3) is 0 Å². The van der Waals surface area contributed by atoms with Gasteiger partial charge in [0.05, 0.1) is 68.6 Å². The summed E-state index contributed by atoms with van der Waals surface area (Å²) in [5.74, 6) is 0. The Labute approximate surface area is 268 Å². The molecule has 0 saturated heterocycles. The highest BCUT2D eigenvalue weighted by molar-refractivity contribution is 6.12. The van der Waals surface area contributed by atoms with Gasteiger partial charge >= 0.3 is 12.4 Å². The fourth-order valence-electron chi connectivity index (χ4n) is 6.67. The predicted octanol–water partition coefficient (Wildman–Crippen LogP) is 10.9. The van der Waals surface area contributed by atoms with Crippen LogP contribution >= 0.6 is 0 Å². The third-order valence-corrected chi connectivity index (χ3v) is 8.70. The highest BCUT2D eigenvalue weighted by Gasteiger charge is 2.33. The Morgan fingerprint density at radius 1 is 0.521 bits per heavy atom. The molecule has 3 heterocycles. The highest BCUT2D eigenvalue weighted by Crippen LogP contribution is 2.44. The van der Waals surface area contributed by atoms with Crippen molar-refractivity contribution in [3.8, 4) is 28.6 Å². The van der Waals surface area contributed by atoms with Crippen molar-refractivity contribution < 1.29 is 26.3 Å². The summed E-state index contributed by atoms with van der Waals surface area (Å²) in [6.07, 6.45) is -5.94. The van der Waals surface area contributed by atoms with Crippen molar-refractivity contribution in [3.05, 3.63) is 138 Å². The van der Waals surface area contributed by atoms with Gasteiger partial charge in [-0.2, -0.15) is 31.6 Å². The molecule has 234 valence electrons. The van der Waals surface area contributed by atoms with E-state index in [-0.39, 0.29) is 0 Å². The van der Waals surface area contributed by atoms with E-state index in [0.29, 0.717) is 71.7 Å². The molecule has 4 nitrogen and oxygen atoms in total. The number of alkyl halides is 6. The number of nitriles is 1. The maximum atomic E-state index is 13.9. The van der Waals surface area contributed by atoms with Crippen molar-refractivity contribution in [2.24, 2.45) is 0 Å². The Balaban J connectivity index is 1.54. The van der Waals surface area contributed by atoms with Gasteiger partial charge in [0.2, 0.25) is 0 Å². The molecule has 0 N–H and O–H groups in total. The molecule has 0 bridgehead atoms. The van der Waals surface area contributed by atoms with Crippen LogP contribution in [-0.2, 0) is 12.4 Å². The number of pyridine rings is 1. The number of aromatic nitrogens is 3. The van der Waals surface area contributed by atoms with Crippen molar-refractivity contribution >= 4 is 43.6 Å². The van der Waals surface area contributed by atoms with Crippen molar-refractivity contribution in [2.45, 2.75) is 12.4 Å². The maximum absolute atomic E-state index is 13.9. The Kier molecular flexibility index (Phi) is 6.40. The van der Waals surface area contributed by atoms with Gasteiger partial charge in [-0.1, -0.05) is 54.6 Å². The SMILES string of the molecule is N#Cc1ccccc1-c1c(-n2c3ccccc3c3cc(C(F)(F)F)ccc32)cncc1-n1c2ccccc2c2cc(C(F)(F)F)ccc21. The van der Waals surface area contributed by atoms with Crippen LogP contribution < -0.4 is 0 Å². The van der Waals surface area contributed by atoms with Crippen molar-refractivity contribution in [1.29, 1.82) is 5.26 Å². The van der Waals surface area contributed by atoms with Crippen LogP contribution in [0.1, 0.15) is 16.7 Å². The summed E-state index contributed by atoms with van der Waals surface area (Å²) in [5, 5.41) is 12.2. The van der Waals surface area contributed by atoms with Crippen molar-refractivity contribution in [2.75, 3.05) is 0 Å². The van der Waals surface area contributed by atoms with Gasteiger partial charge in [0.15, 0.2) is 0 Å². The second kappa shape index (κ2) is 10.5. The smallest absolute Gasteiger partial charge is 0.307 e. The third-order valence-electron chi connectivity index (χ3n) is 8.70. The van der Waals surface area contributed by atoms with Gasteiger partial charge in [-0.3, -0.25) is 4.98 Å². The Hall–Kier alpha value is -6.08. The van der Waals surface area contributed by atoms with Gasteiger partial charge in [-0.15, -0.1) is 0 Å². The summed E-state index contributed by atoms with van der Waals surface area (Å²) >= 11 is 0. The lowest BCUT2D eigenvalue weighted by atomic mass is 9.97. The molecule has 0 unspecified atom stereocenters. The van der Waals surface area contributed by atoms with E-state index in [1.54, 1.807) is 85.2 Å². The van der Waals surface area contributed by atoms with E-state index < -0.39 is 23.5 Å². The summed E-state index contributed by atoms with van der Waals surface area (Å²) < 4.78 is 86.8. The molecule has 8 rings (SSSR count). The number of rotatable bonds is 3. The number of fused-ring (bicyclic) bond motifs is 6. The van der Waals surface area contributed by atoms with Gasteiger partial charge < -0.3 is 9.13 Å². The molecule has 3 aromatic heterocycles. The molecule has 0 spiro atoms. The fourth-order valence-corrected chi connectivity index (χ4v) is 6.67. The first kappa shape index (κ1) is 29.3. The minimum Gasteiger partial charge on any atom is -0.307 e. The average molecular weight is 647 g/mol. The Morgan fingerprint density at radius 3 is 1.44 bits per heavy atom. The second-order valence-electron chi connectivity index (χ2n) is 11.4. The zero-order valence-corrected chi connectivity index (χ0v) is 24.6. The summed E-state index contributed by atoms with van der Waals surface area (Å²) in [6.45, 7) is 0. The van der Waals surface area contributed by atoms with Gasteiger partial charge in [0, 0.05) is 32.7 Å². The number of nitrogens with zero attached hydrogens (tertiary/aromatic N) is 4. The molecule has 10 heteroatoms. The molecule has 0 radical (unpaired) electrons. The molecule has 0 fully saturated rings. The van der Waals surface area contributed by atoms with Crippen molar-refractivity contribution in [3.63, 3.8) is 0 Å². The summed E-state index contributed by atoms with van der Waals surface area (Å²) in [5.41, 5.74) is 2.91. The first-order chi connectivity index (χ1) is 23.1. The zero-order valence-electron chi connectivity index (χ0n) is 24.6. The number of hydrogen-bond donors (Lipinski definition) is 0. The number of para-hydroxylation sites is 2. The summed E-state index contributed by atoms with van der Waals surface area (Å²) in [7, 11) is 0. The Bertz CT molecular complexity index is 2470. The summed E-state index contributed by atoms with van der Waals surface area (Å²) in [4.78, 5) is 4.59. The lowest BCUT2D eigenvalue weighted by Gasteiger charge is -2.20. The molecule has 0 saturated carbocycles. The Morgan fingerprint density at radius 2 is 0.958 bits per heavy atom. The predicted molar refractivity (Wildman–Crippen MR) is 173 cm³/mol. The maximum Gasteiger partial charge on any atom is 0.416 e. The lowest BCUT2D eigenvalue weighted by Crippen LogP contribution is -2.07. The van der Waals surface area contributed by atoms with Gasteiger partial charge in [-0.25, -0.2) is 0 Å². The van der Waals surface area contributed by atoms with Crippen LogP contribution in [-0.4, -0.2) is 14.1 Å². The topological polar surface area (TPSA) is 46.5 Å². The molecule has 0 atom stereocenters. The largest absolute Gasteiger partial charge is 0.416 e. The van der Waals surface area contributed by atoms with Gasteiger partial charge in [-0.05, 0) is 54.6 Å². The van der Waals surface area contributed by atoms with Crippen molar-refractivity contribution in [1.82, 2.24) is 14.1 Å². The summed E-state index contributed by atoms with van der Waals surface area (Å²) in [6, 6.07) is 30.5. The van der Waals surface area contributed by atoms with E-state index in [2.05, 4.69) is 11.1 Å². The minimum atomic E-state index is -4.56. The molecule has 0 amide bonds. The average Bonchev–Trinajstić information content (AvgIpc) is 3.59. The monoisotopic (exact) mass is 646 g/mol. The fraction of sp³-hybridized carbons (Fsp3) is 0.0526. The third kappa shape index (κ3) is 4.42. The first-order valence-corrected chi connectivity index (χ1v) is 14.8. The molecular weight excluding hydrogens is 626 g/mol. The number of benzene rings is 5.